The highest BCUT2D eigenvalue weighted by Gasteiger charge is 2.03. The summed E-state index contributed by atoms with van der Waals surface area (Å²) in [5.41, 5.74) is 2.87. The van der Waals surface area contributed by atoms with Crippen LogP contribution >= 0.6 is 0 Å². The number of rotatable bonds is 4. The summed E-state index contributed by atoms with van der Waals surface area (Å²) in [6.07, 6.45) is 3.72. The summed E-state index contributed by atoms with van der Waals surface area (Å²) >= 11 is 0. The molecule has 0 aliphatic heterocycles. The van der Waals surface area contributed by atoms with Crippen LogP contribution in [0.15, 0.2) is 53.7 Å². The van der Waals surface area contributed by atoms with E-state index in [9.17, 15) is 0 Å². The van der Waals surface area contributed by atoms with E-state index < -0.39 is 0 Å². The van der Waals surface area contributed by atoms with Crippen LogP contribution in [0, 0.1) is 0 Å². The van der Waals surface area contributed by atoms with Crippen molar-refractivity contribution in [2.45, 2.75) is 0 Å². The number of hydrogen-bond donors (Lipinski definition) is 1. The van der Waals surface area contributed by atoms with Gasteiger partial charge in [-0.1, -0.05) is 6.07 Å². The van der Waals surface area contributed by atoms with E-state index in [4.69, 9.17) is 9.47 Å². The Hall–Kier alpha value is -2.75. The lowest BCUT2D eigenvalue weighted by Crippen LogP contribution is -1.92. The molecule has 4 nitrogen and oxygen atoms in total. The van der Waals surface area contributed by atoms with E-state index in [0.29, 0.717) is 0 Å². The number of ether oxygens (including phenoxy) is 2. The molecule has 0 saturated heterocycles. The molecular formula is C17H16N2O2. The van der Waals surface area contributed by atoms with E-state index in [1.165, 1.54) is 5.39 Å². The number of aromatic amines is 1. The fraction of sp³-hybridized carbons (Fsp3) is 0.118. The number of H-pyrrole nitrogens is 1. The number of methoxy groups -OCH3 is 2. The topological polar surface area (TPSA) is 46.6 Å². The van der Waals surface area contributed by atoms with Crippen LogP contribution in [-0.2, 0) is 0 Å². The number of nitrogens with zero attached hydrogens (tertiary/aromatic N) is 1. The molecule has 0 bridgehead atoms. The standard InChI is InChI=1S/C17H16N2O2/c1-20-15-6-4-13(17(10-15)21-2)11-19-14-5-3-12-7-8-18-16(12)9-14/h3-11,18H,1-2H3. The minimum atomic E-state index is 0.735. The molecule has 0 spiro atoms. The molecule has 0 aliphatic rings. The summed E-state index contributed by atoms with van der Waals surface area (Å²) in [6.45, 7) is 0. The summed E-state index contributed by atoms with van der Waals surface area (Å²) < 4.78 is 10.5. The van der Waals surface area contributed by atoms with Crippen LogP contribution in [0.2, 0.25) is 0 Å². The summed E-state index contributed by atoms with van der Waals surface area (Å²) in [7, 11) is 3.27. The van der Waals surface area contributed by atoms with Crippen LogP contribution in [0.5, 0.6) is 11.5 Å². The van der Waals surface area contributed by atoms with Crippen molar-refractivity contribution < 1.29 is 9.47 Å². The molecule has 0 atom stereocenters. The summed E-state index contributed by atoms with van der Waals surface area (Å²) in [6, 6.07) is 13.7. The molecule has 0 amide bonds. The molecule has 0 saturated carbocycles. The van der Waals surface area contributed by atoms with Crippen LogP contribution in [0.25, 0.3) is 10.9 Å². The first-order chi connectivity index (χ1) is 10.3. The average Bonchev–Trinajstić information content (AvgIpc) is 3.00. The normalized spacial score (nSPS) is 11.1. The fourth-order valence-electron chi connectivity index (χ4n) is 2.19. The first-order valence-corrected chi connectivity index (χ1v) is 6.63. The molecule has 0 radical (unpaired) electrons. The maximum Gasteiger partial charge on any atom is 0.131 e. The third kappa shape index (κ3) is 2.74. The Morgan fingerprint density at radius 3 is 2.71 bits per heavy atom. The second-order valence-electron chi connectivity index (χ2n) is 4.62. The van der Waals surface area contributed by atoms with Gasteiger partial charge in [0, 0.05) is 29.6 Å². The van der Waals surface area contributed by atoms with Crippen molar-refractivity contribution in [2.75, 3.05) is 14.2 Å². The molecule has 3 aromatic rings. The first-order valence-electron chi connectivity index (χ1n) is 6.63. The van der Waals surface area contributed by atoms with Crippen molar-refractivity contribution in [3.8, 4) is 11.5 Å². The molecule has 0 fully saturated rings. The zero-order valence-corrected chi connectivity index (χ0v) is 12.0. The van der Waals surface area contributed by atoms with Gasteiger partial charge >= 0.3 is 0 Å². The van der Waals surface area contributed by atoms with Gasteiger partial charge in [-0.05, 0) is 35.7 Å². The van der Waals surface area contributed by atoms with Crippen molar-refractivity contribution in [3.05, 3.63) is 54.2 Å². The van der Waals surface area contributed by atoms with Crippen LogP contribution in [-0.4, -0.2) is 25.4 Å². The molecular weight excluding hydrogens is 264 g/mol. The zero-order valence-electron chi connectivity index (χ0n) is 12.0. The van der Waals surface area contributed by atoms with E-state index in [-0.39, 0.29) is 0 Å². The second-order valence-corrected chi connectivity index (χ2v) is 4.62. The Labute approximate surface area is 123 Å². The highest BCUT2D eigenvalue weighted by atomic mass is 16.5. The van der Waals surface area contributed by atoms with Gasteiger partial charge in [-0.25, -0.2) is 0 Å². The van der Waals surface area contributed by atoms with Gasteiger partial charge < -0.3 is 14.5 Å². The van der Waals surface area contributed by atoms with Crippen molar-refractivity contribution in [1.29, 1.82) is 0 Å². The van der Waals surface area contributed by atoms with Crippen molar-refractivity contribution >= 4 is 22.8 Å². The maximum atomic E-state index is 5.36. The fourth-order valence-corrected chi connectivity index (χ4v) is 2.19. The third-order valence-electron chi connectivity index (χ3n) is 3.33. The number of aromatic nitrogens is 1. The Morgan fingerprint density at radius 2 is 1.90 bits per heavy atom. The van der Waals surface area contributed by atoms with Crippen molar-refractivity contribution in [3.63, 3.8) is 0 Å². The van der Waals surface area contributed by atoms with E-state index in [1.807, 2.05) is 48.7 Å². The minimum absolute atomic E-state index is 0.735. The molecule has 4 heteroatoms. The minimum Gasteiger partial charge on any atom is -0.497 e. The SMILES string of the molecule is COc1ccc(C=Nc2ccc3cc[nH]c3c2)c(OC)c1. The van der Waals surface area contributed by atoms with E-state index >= 15 is 0 Å². The smallest absolute Gasteiger partial charge is 0.131 e. The predicted octanol–water partition coefficient (Wildman–Crippen LogP) is 3.94. The van der Waals surface area contributed by atoms with Gasteiger partial charge in [0.2, 0.25) is 0 Å². The number of benzene rings is 2. The Morgan fingerprint density at radius 1 is 1.00 bits per heavy atom. The molecule has 0 aliphatic carbocycles. The van der Waals surface area contributed by atoms with Gasteiger partial charge in [-0.3, -0.25) is 4.99 Å². The van der Waals surface area contributed by atoms with Gasteiger partial charge in [-0.2, -0.15) is 0 Å². The van der Waals surface area contributed by atoms with Gasteiger partial charge in [0.1, 0.15) is 11.5 Å². The van der Waals surface area contributed by atoms with Gasteiger partial charge in [0.05, 0.1) is 19.9 Å². The van der Waals surface area contributed by atoms with E-state index in [1.54, 1.807) is 20.4 Å². The quantitative estimate of drug-likeness (QED) is 0.736. The molecule has 1 aromatic heterocycles. The highest BCUT2D eigenvalue weighted by Crippen LogP contribution is 2.24. The zero-order chi connectivity index (χ0) is 14.7. The first kappa shape index (κ1) is 13.2. The molecule has 0 unspecified atom stereocenters. The molecule has 21 heavy (non-hydrogen) atoms. The third-order valence-corrected chi connectivity index (χ3v) is 3.33. The van der Waals surface area contributed by atoms with E-state index in [0.717, 1.165) is 28.3 Å². The Balaban J connectivity index is 1.91. The molecule has 1 heterocycles. The number of hydrogen-bond acceptors (Lipinski definition) is 3. The van der Waals surface area contributed by atoms with Gasteiger partial charge in [-0.15, -0.1) is 0 Å². The molecule has 1 N–H and O–H groups in total. The van der Waals surface area contributed by atoms with Crippen LogP contribution in [0.1, 0.15) is 5.56 Å². The van der Waals surface area contributed by atoms with E-state index in [2.05, 4.69) is 9.98 Å². The molecule has 106 valence electrons. The molecule has 3 rings (SSSR count). The lowest BCUT2D eigenvalue weighted by molar-refractivity contribution is 0.394. The summed E-state index contributed by atoms with van der Waals surface area (Å²) in [5.74, 6) is 1.50. The van der Waals surface area contributed by atoms with Crippen LogP contribution < -0.4 is 9.47 Å². The van der Waals surface area contributed by atoms with Gasteiger partial charge in [0.15, 0.2) is 0 Å². The highest BCUT2D eigenvalue weighted by molar-refractivity contribution is 5.88. The predicted molar refractivity (Wildman–Crippen MR) is 85.1 cm³/mol. The largest absolute Gasteiger partial charge is 0.497 e. The Kier molecular flexibility index (Phi) is 3.60. The van der Waals surface area contributed by atoms with Gasteiger partial charge in [0.25, 0.3) is 0 Å². The van der Waals surface area contributed by atoms with Crippen molar-refractivity contribution in [2.24, 2.45) is 4.99 Å². The second kappa shape index (κ2) is 5.71. The summed E-state index contributed by atoms with van der Waals surface area (Å²) in [4.78, 5) is 7.69. The van der Waals surface area contributed by atoms with Crippen LogP contribution in [0.3, 0.4) is 0 Å². The maximum absolute atomic E-state index is 5.36. The molecule has 2 aromatic carbocycles. The Bertz CT molecular complexity index is 790. The lowest BCUT2D eigenvalue weighted by Gasteiger charge is -2.06. The monoisotopic (exact) mass is 280 g/mol. The number of aliphatic imine (C=N–C) groups is 1. The number of fused-ring (bicyclic) bond motifs is 1. The lowest BCUT2D eigenvalue weighted by atomic mass is 10.2. The summed E-state index contributed by atoms with van der Waals surface area (Å²) in [5, 5.41) is 1.18. The van der Waals surface area contributed by atoms with Crippen LogP contribution in [0.4, 0.5) is 5.69 Å². The van der Waals surface area contributed by atoms with Crippen molar-refractivity contribution in [1.82, 2.24) is 4.98 Å². The number of nitrogens with one attached hydrogen (secondary N) is 1. The average molecular weight is 280 g/mol.